The largest absolute Gasteiger partial charge is 0.428 e. The van der Waals surface area contributed by atoms with Gasteiger partial charge in [-0.25, -0.2) is 0 Å². The molecule has 0 amide bonds. The first-order chi connectivity index (χ1) is 6.04. The minimum Gasteiger partial charge on any atom is -0.352 e. The molecule has 0 aliphatic carbocycles. The topological polar surface area (TPSA) is 21.3 Å². The lowest BCUT2D eigenvalue weighted by molar-refractivity contribution is -0.212. The van der Waals surface area contributed by atoms with E-state index in [0.29, 0.717) is 6.42 Å². The van der Waals surface area contributed by atoms with Gasteiger partial charge in [0.25, 0.3) is 0 Å². The zero-order valence-electron chi connectivity index (χ0n) is 7.23. The molecule has 6 heteroatoms. The molecule has 2 nitrogen and oxygen atoms in total. The number of nitrogens with one attached hydrogen (secondary N) is 1. The second kappa shape index (κ2) is 4.52. The molecule has 13 heavy (non-hydrogen) atoms. The van der Waals surface area contributed by atoms with Crippen LogP contribution in [0, 0.1) is 0 Å². The van der Waals surface area contributed by atoms with Crippen molar-refractivity contribution in [3.05, 3.63) is 0 Å². The van der Waals surface area contributed by atoms with Gasteiger partial charge in [0.2, 0.25) is 6.23 Å². The Kier molecular flexibility index (Phi) is 3.87. The van der Waals surface area contributed by atoms with Crippen LogP contribution in [0.15, 0.2) is 0 Å². The summed E-state index contributed by atoms with van der Waals surface area (Å²) >= 11 is 1.62. The third-order valence-corrected chi connectivity index (χ3v) is 2.46. The molecule has 0 spiro atoms. The molecule has 0 bridgehead atoms. The van der Waals surface area contributed by atoms with Gasteiger partial charge >= 0.3 is 6.18 Å². The minimum absolute atomic E-state index is 0.154. The lowest BCUT2D eigenvalue weighted by Crippen LogP contribution is -2.41. The van der Waals surface area contributed by atoms with Crippen LogP contribution in [0.4, 0.5) is 13.2 Å². The van der Waals surface area contributed by atoms with Crippen LogP contribution >= 0.6 is 11.8 Å². The van der Waals surface area contributed by atoms with Gasteiger partial charge in [0.15, 0.2) is 0 Å². The number of hydrogen-bond acceptors (Lipinski definition) is 3. The van der Waals surface area contributed by atoms with Gasteiger partial charge in [-0.05, 0) is 18.4 Å². The van der Waals surface area contributed by atoms with E-state index in [1.165, 1.54) is 0 Å². The minimum atomic E-state index is -4.28. The molecule has 1 heterocycles. The summed E-state index contributed by atoms with van der Waals surface area (Å²) in [6.45, 7) is 0.157. The van der Waals surface area contributed by atoms with Crippen LogP contribution in [0.5, 0.6) is 0 Å². The van der Waals surface area contributed by atoms with E-state index < -0.39 is 12.4 Å². The van der Waals surface area contributed by atoms with Crippen molar-refractivity contribution < 1.29 is 17.9 Å². The normalized spacial score (nSPS) is 29.5. The second-order valence-corrected chi connectivity index (χ2v) is 3.89. The van der Waals surface area contributed by atoms with Crippen molar-refractivity contribution in [3.8, 4) is 0 Å². The van der Waals surface area contributed by atoms with Gasteiger partial charge in [0.05, 0.1) is 6.61 Å². The lowest BCUT2D eigenvalue weighted by atomic mass is 10.2. The highest BCUT2D eigenvalue weighted by Crippen LogP contribution is 2.25. The zero-order valence-corrected chi connectivity index (χ0v) is 8.04. The summed E-state index contributed by atoms with van der Waals surface area (Å²) in [7, 11) is 0. The third-order valence-electron chi connectivity index (χ3n) is 1.82. The van der Waals surface area contributed by atoms with Crippen molar-refractivity contribution in [1.29, 1.82) is 0 Å². The quantitative estimate of drug-likeness (QED) is 0.773. The van der Waals surface area contributed by atoms with Crippen LogP contribution in [0.2, 0.25) is 0 Å². The molecule has 1 aliphatic rings. The summed E-state index contributed by atoms with van der Waals surface area (Å²) in [6, 6.07) is -0.154. The third kappa shape index (κ3) is 3.36. The fourth-order valence-corrected chi connectivity index (χ4v) is 1.66. The molecule has 0 aromatic heterocycles. The molecule has 1 fully saturated rings. The Morgan fingerprint density at radius 1 is 1.54 bits per heavy atom. The highest BCUT2D eigenvalue weighted by Gasteiger charge is 2.45. The van der Waals surface area contributed by atoms with Crippen LogP contribution in [-0.2, 0) is 4.74 Å². The summed E-state index contributed by atoms with van der Waals surface area (Å²) < 4.78 is 40.8. The number of halogens is 3. The van der Waals surface area contributed by atoms with Crippen LogP contribution in [0.3, 0.4) is 0 Å². The van der Waals surface area contributed by atoms with E-state index in [1.807, 2.05) is 6.26 Å². The van der Waals surface area contributed by atoms with E-state index in [-0.39, 0.29) is 12.6 Å². The summed E-state index contributed by atoms with van der Waals surface area (Å²) in [5.41, 5.74) is 0. The average Bonchev–Trinajstić information content (AvgIpc) is 2.47. The molecule has 0 aromatic rings. The van der Waals surface area contributed by atoms with E-state index in [1.54, 1.807) is 11.8 Å². The SMILES string of the molecule is CSCC[C@H]1COC(C(F)(F)F)N1. The summed E-state index contributed by atoms with van der Waals surface area (Å²) in [4.78, 5) is 0. The smallest absolute Gasteiger partial charge is 0.352 e. The van der Waals surface area contributed by atoms with Gasteiger partial charge in [-0.2, -0.15) is 24.9 Å². The molecule has 2 atom stereocenters. The first-order valence-electron chi connectivity index (χ1n) is 3.97. The Labute approximate surface area is 79.2 Å². The molecule has 0 radical (unpaired) electrons. The average molecular weight is 215 g/mol. The molecular formula is C7H12F3NOS. The van der Waals surface area contributed by atoms with Crippen molar-refractivity contribution in [2.45, 2.75) is 24.9 Å². The zero-order chi connectivity index (χ0) is 9.90. The predicted octanol–water partition coefficient (Wildman–Crippen LogP) is 1.62. The molecule has 1 saturated heterocycles. The summed E-state index contributed by atoms with van der Waals surface area (Å²) in [6.07, 6.45) is -3.40. The summed E-state index contributed by atoms with van der Waals surface area (Å²) in [5, 5.41) is 2.41. The molecule has 1 N–H and O–H groups in total. The first kappa shape index (κ1) is 11.1. The fourth-order valence-electron chi connectivity index (χ4n) is 1.14. The first-order valence-corrected chi connectivity index (χ1v) is 5.36. The number of ether oxygens (including phenoxy) is 1. The Bertz CT molecular complexity index is 164. The highest BCUT2D eigenvalue weighted by molar-refractivity contribution is 7.98. The number of alkyl halides is 3. The van der Waals surface area contributed by atoms with Gasteiger partial charge in [0, 0.05) is 6.04 Å². The Morgan fingerprint density at radius 3 is 2.69 bits per heavy atom. The van der Waals surface area contributed by atoms with E-state index in [9.17, 15) is 13.2 Å². The van der Waals surface area contributed by atoms with Gasteiger partial charge in [-0.1, -0.05) is 0 Å². The van der Waals surface area contributed by atoms with Gasteiger partial charge in [-0.3, -0.25) is 5.32 Å². The molecule has 1 unspecified atom stereocenters. The fraction of sp³-hybridized carbons (Fsp3) is 1.00. The van der Waals surface area contributed by atoms with Crippen molar-refractivity contribution in [1.82, 2.24) is 5.32 Å². The van der Waals surface area contributed by atoms with E-state index in [2.05, 4.69) is 10.1 Å². The molecule has 78 valence electrons. The van der Waals surface area contributed by atoms with Crippen molar-refractivity contribution in [3.63, 3.8) is 0 Å². The monoisotopic (exact) mass is 215 g/mol. The highest BCUT2D eigenvalue weighted by atomic mass is 32.2. The van der Waals surface area contributed by atoms with Gasteiger partial charge in [-0.15, -0.1) is 0 Å². The standard InChI is InChI=1S/C7H12F3NOS/c1-13-3-2-5-4-12-6(11-5)7(8,9)10/h5-6,11H,2-4H2,1H3/t5-,6?/m0/s1. The number of hydrogen-bond donors (Lipinski definition) is 1. The lowest BCUT2D eigenvalue weighted by Gasteiger charge is -2.14. The van der Waals surface area contributed by atoms with Crippen molar-refractivity contribution >= 4 is 11.8 Å². The Balaban J connectivity index is 2.28. The number of thioether (sulfide) groups is 1. The number of rotatable bonds is 3. The molecule has 0 saturated carbocycles. The van der Waals surface area contributed by atoms with E-state index in [4.69, 9.17) is 0 Å². The van der Waals surface area contributed by atoms with Gasteiger partial charge < -0.3 is 4.74 Å². The maximum atomic E-state index is 12.1. The second-order valence-electron chi connectivity index (χ2n) is 2.90. The maximum Gasteiger partial charge on any atom is 0.428 e. The Hall–Kier alpha value is 0.0600. The maximum absolute atomic E-state index is 12.1. The molecular weight excluding hydrogens is 203 g/mol. The van der Waals surface area contributed by atoms with E-state index in [0.717, 1.165) is 5.75 Å². The molecule has 1 aliphatic heterocycles. The van der Waals surface area contributed by atoms with Crippen molar-refractivity contribution in [2.24, 2.45) is 0 Å². The van der Waals surface area contributed by atoms with Crippen LogP contribution < -0.4 is 5.32 Å². The van der Waals surface area contributed by atoms with Gasteiger partial charge in [0.1, 0.15) is 0 Å². The molecule has 1 rings (SSSR count). The van der Waals surface area contributed by atoms with Crippen molar-refractivity contribution in [2.75, 3.05) is 18.6 Å². The predicted molar refractivity (Wildman–Crippen MR) is 45.7 cm³/mol. The van der Waals surface area contributed by atoms with Crippen LogP contribution in [0.25, 0.3) is 0 Å². The van der Waals surface area contributed by atoms with E-state index >= 15 is 0 Å². The van der Waals surface area contributed by atoms with Crippen LogP contribution in [0.1, 0.15) is 6.42 Å². The summed E-state index contributed by atoms with van der Waals surface area (Å²) in [5.74, 6) is 0.853. The Morgan fingerprint density at radius 2 is 2.23 bits per heavy atom. The van der Waals surface area contributed by atoms with Crippen LogP contribution in [-0.4, -0.2) is 37.1 Å². The molecule has 0 aromatic carbocycles.